The summed E-state index contributed by atoms with van der Waals surface area (Å²) >= 11 is 0. The normalized spacial score (nSPS) is 16.8. The summed E-state index contributed by atoms with van der Waals surface area (Å²) < 4.78 is 10.2. The predicted molar refractivity (Wildman–Crippen MR) is 109 cm³/mol. The highest BCUT2D eigenvalue weighted by Gasteiger charge is 2.37. The second-order valence-electron chi connectivity index (χ2n) is 7.07. The van der Waals surface area contributed by atoms with Gasteiger partial charge in [0.1, 0.15) is 6.54 Å². The van der Waals surface area contributed by atoms with Gasteiger partial charge in [0.05, 0.1) is 12.2 Å². The molecule has 0 aromatic heterocycles. The molecule has 0 saturated carbocycles. The van der Waals surface area contributed by atoms with E-state index in [1.807, 2.05) is 31.2 Å². The first-order chi connectivity index (χ1) is 13.9. The third-order valence-electron chi connectivity index (χ3n) is 4.91. The quantitative estimate of drug-likeness (QED) is 0.506. The molecule has 1 aliphatic rings. The molecule has 0 saturated heterocycles. The number of hydrogen-bond donors (Lipinski definition) is 1. The summed E-state index contributed by atoms with van der Waals surface area (Å²) in [5.41, 5.74) is 2.85. The number of carbonyl (C=O) groups excluding carboxylic acids is 3. The van der Waals surface area contributed by atoms with Crippen molar-refractivity contribution < 1.29 is 23.9 Å². The van der Waals surface area contributed by atoms with Gasteiger partial charge in [-0.2, -0.15) is 0 Å². The van der Waals surface area contributed by atoms with E-state index in [1.54, 1.807) is 21.0 Å². The summed E-state index contributed by atoms with van der Waals surface area (Å²) in [5.74, 6) is -1.29. The van der Waals surface area contributed by atoms with E-state index in [1.165, 1.54) is 4.90 Å². The van der Waals surface area contributed by atoms with Crippen LogP contribution in [0.5, 0.6) is 0 Å². The smallest absolute Gasteiger partial charge is 0.336 e. The van der Waals surface area contributed by atoms with Gasteiger partial charge in [0, 0.05) is 38.3 Å². The van der Waals surface area contributed by atoms with Crippen molar-refractivity contribution in [3.05, 3.63) is 46.7 Å². The summed E-state index contributed by atoms with van der Waals surface area (Å²) in [6, 6.07) is 7.76. The molecule has 0 fully saturated rings. The molecule has 0 bridgehead atoms. The molecule has 2 amide bonds. The molecule has 1 heterocycles. The minimum atomic E-state index is -0.450. The Bertz CT molecular complexity index is 787. The molecule has 1 N–H and O–H groups in total. The number of nitrogens with one attached hydrogen (secondary N) is 1. The van der Waals surface area contributed by atoms with Crippen LogP contribution in [0, 0.1) is 6.92 Å². The lowest BCUT2D eigenvalue weighted by atomic mass is 9.83. The van der Waals surface area contributed by atoms with Gasteiger partial charge < -0.3 is 19.7 Å². The maximum absolute atomic E-state index is 12.9. The molecule has 7 heteroatoms. The van der Waals surface area contributed by atoms with Crippen LogP contribution in [-0.2, 0) is 23.9 Å². The molecule has 0 radical (unpaired) electrons. The van der Waals surface area contributed by atoms with E-state index in [-0.39, 0.29) is 37.3 Å². The number of aryl methyl sites for hydroxylation is 1. The molecule has 1 unspecified atom stereocenters. The monoisotopic (exact) mass is 402 g/mol. The number of methoxy groups -OCH3 is 1. The fourth-order valence-corrected chi connectivity index (χ4v) is 3.49. The lowest BCUT2D eigenvalue weighted by molar-refractivity contribution is -0.141. The van der Waals surface area contributed by atoms with Crippen LogP contribution in [0.1, 0.15) is 43.7 Å². The number of allylic oxidation sites excluding steroid dienone is 1. The SMILES string of the molecule is CCOC(=O)C1=C(C)N(CC(=O)NCCCOC)C(=O)CC1c1cccc(C)c1. The molecule has 1 aromatic carbocycles. The van der Waals surface area contributed by atoms with E-state index in [2.05, 4.69) is 5.32 Å². The minimum absolute atomic E-state index is 0.117. The van der Waals surface area contributed by atoms with Gasteiger partial charge in [-0.25, -0.2) is 4.79 Å². The summed E-state index contributed by atoms with van der Waals surface area (Å²) in [6.07, 6.45) is 0.806. The first-order valence-electron chi connectivity index (χ1n) is 9.89. The van der Waals surface area contributed by atoms with Crippen molar-refractivity contribution in [2.45, 2.75) is 39.5 Å². The van der Waals surface area contributed by atoms with Crippen LogP contribution in [0.25, 0.3) is 0 Å². The first-order valence-corrected chi connectivity index (χ1v) is 9.89. The number of carbonyl (C=O) groups is 3. The highest BCUT2D eigenvalue weighted by molar-refractivity contribution is 5.97. The molecule has 0 spiro atoms. The van der Waals surface area contributed by atoms with Crippen molar-refractivity contribution in [1.82, 2.24) is 10.2 Å². The van der Waals surface area contributed by atoms with E-state index < -0.39 is 5.97 Å². The molecule has 158 valence electrons. The number of benzene rings is 1. The highest BCUT2D eigenvalue weighted by atomic mass is 16.5. The second-order valence-corrected chi connectivity index (χ2v) is 7.07. The molecule has 1 atom stereocenters. The van der Waals surface area contributed by atoms with Crippen LogP contribution in [0.2, 0.25) is 0 Å². The third kappa shape index (κ3) is 5.90. The Morgan fingerprint density at radius 2 is 2.03 bits per heavy atom. The van der Waals surface area contributed by atoms with Gasteiger partial charge in [-0.1, -0.05) is 29.8 Å². The van der Waals surface area contributed by atoms with Crippen LogP contribution in [0.15, 0.2) is 35.5 Å². The van der Waals surface area contributed by atoms with Gasteiger partial charge in [-0.15, -0.1) is 0 Å². The van der Waals surface area contributed by atoms with Crippen molar-refractivity contribution in [1.29, 1.82) is 0 Å². The minimum Gasteiger partial charge on any atom is -0.463 e. The zero-order valence-corrected chi connectivity index (χ0v) is 17.6. The molecule has 29 heavy (non-hydrogen) atoms. The topological polar surface area (TPSA) is 84.9 Å². The van der Waals surface area contributed by atoms with Crippen LogP contribution in [0.3, 0.4) is 0 Å². The van der Waals surface area contributed by atoms with Crippen LogP contribution < -0.4 is 5.32 Å². The summed E-state index contributed by atoms with van der Waals surface area (Å²) in [4.78, 5) is 39.2. The zero-order valence-electron chi connectivity index (χ0n) is 17.6. The standard InChI is InChI=1S/C22H30N2O5/c1-5-29-22(27)21-16(3)24(14-19(25)23-10-7-11-28-4)20(26)13-18(21)17-9-6-8-15(2)12-17/h6,8-9,12,18H,5,7,10-11,13-14H2,1-4H3,(H,23,25). The lowest BCUT2D eigenvalue weighted by Gasteiger charge is -2.34. The predicted octanol–water partition coefficient (Wildman–Crippen LogP) is 2.30. The van der Waals surface area contributed by atoms with Crippen LogP contribution in [0.4, 0.5) is 0 Å². The number of ether oxygens (including phenoxy) is 2. The number of amides is 2. The zero-order chi connectivity index (χ0) is 21.4. The molecule has 2 rings (SSSR count). The lowest BCUT2D eigenvalue weighted by Crippen LogP contribution is -2.44. The largest absolute Gasteiger partial charge is 0.463 e. The van der Waals surface area contributed by atoms with E-state index >= 15 is 0 Å². The van der Waals surface area contributed by atoms with Gasteiger partial charge >= 0.3 is 5.97 Å². The third-order valence-corrected chi connectivity index (χ3v) is 4.91. The Labute approximate surface area is 172 Å². The Morgan fingerprint density at radius 3 is 2.69 bits per heavy atom. The maximum atomic E-state index is 12.9. The average molecular weight is 402 g/mol. The van der Waals surface area contributed by atoms with Gasteiger partial charge in [0.2, 0.25) is 11.8 Å². The molecule has 0 aliphatic carbocycles. The maximum Gasteiger partial charge on any atom is 0.336 e. The summed E-state index contributed by atoms with van der Waals surface area (Å²) in [7, 11) is 1.60. The number of hydrogen-bond acceptors (Lipinski definition) is 5. The number of esters is 1. The molecule has 1 aromatic rings. The molecular formula is C22H30N2O5. The Balaban J connectivity index is 2.29. The average Bonchev–Trinajstić information content (AvgIpc) is 2.68. The van der Waals surface area contributed by atoms with Crippen molar-refractivity contribution in [3.63, 3.8) is 0 Å². The summed E-state index contributed by atoms with van der Waals surface area (Å²) in [5, 5.41) is 2.77. The van der Waals surface area contributed by atoms with Gasteiger partial charge in [0.15, 0.2) is 0 Å². The number of rotatable bonds is 9. The Morgan fingerprint density at radius 1 is 1.28 bits per heavy atom. The van der Waals surface area contributed by atoms with E-state index in [0.29, 0.717) is 30.8 Å². The van der Waals surface area contributed by atoms with E-state index in [4.69, 9.17) is 9.47 Å². The highest BCUT2D eigenvalue weighted by Crippen LogP contribution is 2.37. The van der Waals surface area contributed by atoms with Crippen molar-refractivity contribution in [3.8, 4) is 0 Å². The first kappa shape index (κ1) is 22.6. The molecule has 1 aliphatic heterocycles. The molecular weight excluding hydrogens is 372 g/mol. The second kappa shape index (κ2) is 10.8. The fraction of sp³-hybridized carbons (Fsp3) is 0.500. The van der Waals surface area contributed by atoms with Gasteiger partial charge in [-0.05, 0) is 32.8 Å². The summed E-state index contributed by atoms with van der Waals surface area (Å²) in [6.45, 7) is 6.54. The van der Waals surface area contributed by atoms with E-state index in [0.717, 1.165) is 11.1 Å². The van der Waals surface area contributed by atoms with Crippen LogP contribution in [-0.4, -0.2) is 56.1 Å². The number of nitrogens with zero attached hydrogens (tertiary/aromatic N) is 1. The van der Waals surface area contributed by atoms with Crippen molar-refractivity contribution >= 4 is 17.8 Å². The molecule has 7 nitrogen and oxygen atoms in total. The van der Waals surface area contributed by atoms with Gasteiger partial charge in [0.25, 0.3) is 0 Å². The van der Waals surface area contributed by atoms with Crippen molar-refractivity contribution in [2.24, 2.45) is 0 Å². The van der Waals surface area contributed by atoms with E-state index in [9.17, 15) is 14.4 Å². The Hall–Kier alpha value is -2.67. The van der Waals surface area contributed by atoms with Gasteiger partial charge in [-0.3, -0.25) is 9.59 Å². The Kier molecular flexibility index (Phi) is 8.39. The van der Waals surface area contributed by atoms with Crippen LogP contribution >= 0.6 is 0 Å². The van der Waals surface area contributed by atoms with Crippen molar-refractivity contribution in [2.75, 3.05) is 33.4 Å². The fourth-order valence-electron chi connectivity index (χ4n) is 3.49.